The summed E-state index contributed by atoms with van der Waals surface area (Å²) in [7, 11) is 0. The number of nitrogens with two attached hydrogens (primary N) is 1. The number of thiazole rings is 1. The summed E-state index contributed by atoms with van der Waals surface area (Å²) < 4.78 is 0.510. The van der Waals surface area contributed by atoms with E-state index in [0.717, 1.165) is 11.3 Å². The standard InChI is InChI=1S/C15H16IN5O5S2/c1-2-26-20-8(7-5-28-15(17)18-7)11(22)19-9-12(23)21-10(14(24)25)6(3-16)4-27-13(9)21/h5,9,13H,2-4H2,1H3,(H2,17,18)(H,19,22)(H,24,25)/b20-8+/t9?,13-/m1/s1. The lowest BCUT2D eigenvalue weighted by Crippen LogP contribution is -2.71. The van der Waals surface area contributed by atoms with E-state index in [1.165, 1.54) is 16.7 Å². The van der Waals surface area contributed by atoms with E-state index in [2.05, 4.69) is 38.0 Å². The number of hydrogen-bond donors (Lipinski definition) is 3. The third-order valence-corrected chi connectivity index (χ3v) is 6.90. The van der Waals surface area contributed by atoms with E-state index in [9.17, 15) is 19.5 Å². The summed E-state index contributed by atoms with van der Waals surface area (Å²) in [6.07, 6.45) is 0. The molecule has 2 aliphatic rings. The lowest BCUT2D eigenvalue weighted by Gasteiger charge is -2.49. The van der Waals surface area contributed by atoms with E-state index < -0.39 is 29.2 Å². The molecule has 0 aromatic carbocycles. The van der Waals surface area contributed by atoms with Crippen molar-refractivity contribution in [2.45, 2.75) is 18.3 Å². The average Bonchev–Trinajstić information content (AvgIpc) is 3.10. The molecule has 4 N–H and O–H groups in total. The van der Waals surface area contributed by atoms with Crippen LogP contribution in [0.5, 0.6) is 0 Å². The maximum absolute atomic E-state index is 12.7. The van der Waals surface area contributed by atoms with E-state index in [4.69, 9.17) is 10.6 Å². The van der Waals surface area contributed by atoms with Crippen LogP contribution in [0.2, 0.25) is 0 Å². The molecule has 3 rings (SSSR count). The summed E-state index contributed by atoms with van der Waals surface area (Å²) >= 11 is 4.63. The fourth-order valence-corrected chi connectivity index (χ4v) is 5.62. The number of fused-ring (bicyclic) bond motifs is 1. The Balaban J connectivity index is 1.79. The van der Waals surface area contributed by atoms with Crippen LogP contribution in [0, 0.1) is 0 Å². The number of thioether (sulfide) groups is 1. The minimum Gasteiger partial charge on any atom is -0.477 e. The molecule has 0 radical (unpaired) electrons. The second-order valence-electron chi connectivity index (χ2n) is 5.68. The van der Waals surface area contributed by atoms with E-state index in [0.29, 0.717) is 15.8 Å². The number of hydrogen-bond acceptors (Lipinski definition) is 9. The number of aliphatic carboxylic acids is 1. The normalized spacial score (nSPS) is 21.9. The molecule has 3 heterocycles. The van der Waals surface area contributed by atoms with E-state index in [1.54, 1.807) is 12.3 Å². The number of β-lactam (4-membered cyclic amide) rings is 1. The summed E-state index contributed by atoms with van der Waals surface area (Å²) in [5, 5.41) is 17.2. The van der Waals surface area contributed by atoms with Gasteiger partial charge in [-0.25, -0.2) is 9.78 Å². The maximum atomic E-state index is 12.7. The lowest BCUT2D eigenvalue weighted by atomic mass is 10.0. The number of carbonyl (C=O) groups is 3. The highest BCUT2D eigenvalue weighted by Gasteiger charge is 2.54. The number of halogens is 1. The van der Waals surface area contributed by atoms with Crippen LogP contribution in [0.3, 0.4) is 0 Å². The highest BCUT2D eigenvalue weighted by atomic mass is 127. The number of aromatic nitrogens is 1. The number of alkyl halides is 1. The van der Waals surface area contributed by atoms with Gasteiger partial charge in [0.2, 0.25) is 0 Å². The Morgan fingerprint density at radius 3 is 2.89 bits per heavy atom. The minimum absolute atomic E-state index is 0.00382. The molecule has 0 saturated carbocycles. The molecule has 2 aliphatic heterocycles. The van der Waals surface area contributed by atoms with Gasteiger partial charge in [0, 0.05) is 15.6 Å². The summed E-state index contributed by atoms with van der Waals surface area (Å²) in [5.41, 5.74) is 6.45. The Morgan fingerprint density at radius 1 is 1.57 bits per heavy atom. The monoisotopic (exact) mass is 537 g/mol. The number of carboxylic acid groups (broad SMARTS) is 1. The summed E-state index contributed by atoms with van der Waals surface area (Å²) in [6.45, 7) is 1.96. The van der Waals surface area contributed by atoms with E-state index >= 15 is 0 Å². The first-order chi connectivity index (χ1) is 13.4. The molecule has 0 bridgehead atoms. The molecular weight excluding hydrogens is 521 g/mol. The number of nitrogens with one attached hydrogen (secondary N) is 1. The number of carboxylic acids is 1. The van der Waals surface area contributed by atoms with Crippen LogP contribution in [0.4, 0.5) is 5.13 Å². The van der Waals surface area contributed by atoms with Gasteiger partial charge in [-0.05, 0) is 12.5 Å². The minimum atomic E-state index is -1.15. The second-order valence-corrected chi connectivity index (χ2v) is 8.44. The van der Waals surface area contributed by atoms with Crippen molar-refractivity contribution in [1.29, 1.82) is 0 Å². The van der Waals surface area contributed by atoms with Gasteiger partial charge < -0.3 is 21.0 Å². The van der Waals surface area contributed by atoms with Crippen molar-refractivity contribution >= 4 is 74.3 Å². The Labute approximate surface area is 181 Å². The first kappa shape index (κ1) is 20.9. The van der Waals surface area contributed by atoms with Crippen molar-refractivity contribution in [2.75, 3.05) is 22.5 Å². The van der Waals surface area contributed by atoms with Crippen LogP contribution >= 0.6 is 45.7 Å². The molecule has 1 aromatic rings. The van der Waals surface area contributed by atoms with Crippen LogP contribution < -0.4 is 11.1 Å². The second kappa shape index (κ2) is 8.65. The fraction of sp³-hybridized carbons (Fsp3) is 0.400. The van der Waals surface area contributed by atoms with Crippen LogP contribution in [-0.2, 0) is 19.2 Å². The molecule has 1 unspecified atom stereocenters. The molecular formula is C15H16IN5O5S2. The number of nitrogen functional groups attached to an aromatic ring is 1. The summed E-state index contributed by atoms with van der Waals surface area (Å²) in [6, 6.07) is -0.856. The van der Waals surface area contributed by atoms with Crippen molar-refractivity contribution in [3.05, 3.63) is 22.3 Å². The zero-order valence-corrected chi connectivity index (χ0v) is 18.3. The number of carbonyl (C=O) groups excluding carboxylic acids is 2. The van der Waals surface area contributed by atoms with Gasteiger partial charge in [-0.1, -0.05) is 27.7 Å². The first-order valence-corrected chi connectivity index (χ1v) is 11.5. The van der Waals surface area contributed by atoms with E-state index in [-0.39, 0.29) is 28.8 Å². The number of amides is 2. The number of rotatable bonds is 7. The summed E-state index contributed by atoms with van der Waals surface area (Å²) in [5.74, 6) is -1.78. The molecule has 10 nitrogen and oxygen atoms in total. The molecule has 0 spiro atoms. The molecule has 2 amide bonds. The number of nitrogens with zero attached hydrogens (tertiary/aromatic N) is 3. The number of anilines is 1. The molecule has 1 fully saturated rings. The van der Waals surface area contributed by atoms with Crippen molar-refractivity contribution in [2.24, 2.45) is 5.16 Å². The Bertz CT molecular complexity index is 886. The van der Waals surface area contributed by atoms with Gasteiger partial charge >= 0.3 is 5.97 Å². The molecule has 1 saturated heterocycles. The van der Waals surface area contributed by atoms with Gasteiger partial charge in [0.25, 0.3) is 11.8 Å². The van der Waals surface area contributed by atoms with Crippen LogP contribution in [0.15, 0.2) is 21.8 Å². The van der Waals surface area contributed by atoms with Crippen LogP contribution in [-0.4, -0.2) is 66.7 Å². The molecule has 150 valence electrons. The molecule has 13 heteroatoms. The zero-order valence-electron chi connectivity index (χ0n) is 14.5. The molecule has 28 heavy (non-hydrogen) atoms. The van der Waals surface area contributed by atoms with Crippen LogP contribution in [0.25, 0.3) is 0 Å². The first-order valence-electron chi connectivity index (χ1n) is 8.07. The fourth-order valence-electron chi connectivity index (χ4n) is 2.73. The largest absolute Gasteiger partial charge is 0.477 e. The van der Waals surface area contributed by atoms with Crippen molar-refractivity contribution in [3.63, 3.8) is 0 Å². The van der Waals surface area contributed by atoms with Crippen LogP contribution in [0.1, 0.15) is 12.6 Å². The predicted octanol–water partition coefficient (Wildman–Crippen LogP) is 0.639. The van der Waals surface area contributed by atoms with Crippen molar-refractivity contribution in [3.8, 4) is 0 Å². The van der Waals surface area contributed by atoms with Crippen molar-refractivity contribution < 1.29 is 24.3 Å². The third kappa shape index (κ3) is 3.82. The molecule has 1 aromatic heterocycles. The zero-order chi connectivity index (χ0) is 20.4. The van der Waals surface area contributed by atoms with Crippen molar-refractivity contribution in [1.82, 2.24) is 15.2 Å². The quantitative estimate of drug-likeness (QED) is 0.151. The molecule has 2 atom stereocenters. The number of oxime groups is 1. The van der Waals surface area contributed by atoms with Gasteiger partial charge in [0.05, 0.1) is 0 Å². The molecule has 0 aliphatic carbocycles. The Morgan fingerprint density at radius 2 is 2.32 bits per heavy atom. The Hall–Kier alpha value is -1.87. The Kier molecular flexibility index (Phi) is 6.44. The van der Waals surface area contributed by atoms with Gasteiger partial charge in [0.15, 0.2) is 10.8 Å². The van der Waals surface area contributed by atoms with Gasteiger partial charge in [0.1, 0.15) is 29.4 Å². The highest BCUT2D eigenvalue weighted by Crippen LogP contribution is 2.40. The average molecular weight is 537 g/mol. The topological polar surface area (TPSA) is 147 Å². The van der Waals surface area contributed by atoms with Gasteiger partial charge in [-0.15, -0.1) is 23.1 Å². The highest BCUT2D eigenvalue weighted by molar-refractivity contribution is 14.1. The van der Waals surface area contributed by atoms with E-state index in [1.807, 2.05) is 0 Å². The third-order valence-electron chi connectivity index (χ3n) is 3.96. The SMILES string of the molecule is CCO/N=C(/C(=O)NC1C(=O)N2C(C(=O)O)=C(CI)CS[C@H]12)c1csc(N)n1. The summed E-state index contributed by atoms with van der Waals surface area (Å²) in [4.78, 5) is 47.1. The van der Waals surface area contributed by atoms with Gasteiger partial charge in [-0.3, -0.25) is 14.5 Å². The lowest BCUT2D eigenvalue weighted by molar-refractivity contribution is -0.150. The van der Waals surface area contributed by atoms with Gasteiger partial charge in [-0.2, -0.15) is 0 Å². The predicted molar refractivity (Wildman–Crippen MR) is 113 cm³/mol. The maximum Gasteiger partial charge on any atom is 0.352 e. The smallest absolute Gasteiger partial charge is 0.352 e.